The van der Waals surface area contributed by atoms with Crippen LogP contribution in [0.15, 0.2) is 18.2 Å². The smallest absolute Gasteiger partial charge is 0.232 e. The van der Waals surface area contributed by atoms with Gasteiger partial charge in [-0.2, -0.15) is 0 Å². The van der Waals surface area contributed by atoms with Crippen LogP contribution < -0.4 is 10.5 Å². The number of rotatable bonds is 5. The molecule has 4 nitrogen and oxygen atoms in total. The van der Waals surface area contributed by atoms with Crippen LogP contribution in [0.25, 0.3) is 0 Å². The molecular weight excluding hydrogens is 248 g/mol. The van der Waals surface area contributed by atoms with Gasteiger partial charge in [0.1, 0.15) is 0 Å². The van der Waals surface area contributed by atoms with Crippen molar-refractivity contribution in [3.8, 4) is 0 Å². The normalized spacial score (nSPS) is 11.4. The van der Waals surface area contributed by atoms with Crippen molar-refractivity contribution < 1.29 is 8.42 Å². The Kier molecular flexibility index (Phi) is 4.44. The quantitative estimate of drug-likeness (QED) is 0.801. The fourth-order valence-corrected chi connectivity index (χ4v) is 2.74. The third kappa shape index (κ3) is 3.90. The second kappa shape index (κ2) is 5.41. The summed E-state index contributed by atoms with van der Waals surface area (Å²) in [6.07, 6.45) is 1.46. The van der Waals surface area contributed by atoms with Gasteiger partial charge in [0.15, 0.2) is 0 Å². The van der Waals surface area contributed by atoms with E-state index in [9.17, 15) is 8.42 Å². The molecule has 90 valence electrons. The van der Waals surface area contributed by atoms with Gasteiger partial charge in [0.25, 0.3) is 0 Å². The zero-order chi connectivity index (χ0) is 12.2. The molecule has 16 heavy (non-hydrogen) atoms. The van der Waals surface area contributed by atoms with Gasteiger partial charge in [0.2, 0.25) is 10.0 Å². The highest BCUT2D eigenvalue weighted by atomic mass is 35.5. The van der Waals surface area contributed by atoms with Gasteiger partial charge in [0, 0.05) is 5.69 Å². The van der Waals surface area contributed by atoms with E-state index >= 15 is 0 Å². The summed E-state index contributed by atoms with van der Waals surface area (Å²) in [5, 5.41) is 0.306. The van der Waals surface area contributed by atoms with Crippen molar-refractivity contribution in [2.24, 2.45) is 0 Å². The minimum atomic E-state index is -3.31. The van der Waals surface area contributed by atoms with E-state index in [1.165, 1.54) is 6.07 Å². The number of unbranched alkanes of at least 4 members (excludes halogenated alkanes) is 1. The Morgan fingerprint density at radius 3 is 2.69 bits per heavy atom. The SMILES string of the molecule is CCCCS(=O)(=O)Nc1ccc(N)cc1Cl. The maximum absolute atomic E-state index is 11.6. The standard InChI is InChI=1S/C10H15ClN2O2S/c1-2-3-6-16(14,15)13-10-5-4-8(12)7-9(10)11/h4-5,7,13H,2-3,6,12H2,1H3. The average molecular weight is 263 g/mol. The van der Waals surface area contributed by atoms with Crippen LogP contribution in [0.2, 0.25) is 5.02 Å². The van der Waals surface area contributed by atoms with E-state index in [4.69, 9.17) is 17.3 Å². The molecular formula is C10H15ClN2O2S. The van der Waals surface area contributed by atoms with Crippen LogP contribution in [0.3, 0.4) is 0 Å². The van der Waals surface area contributed by atoms with E-state index < -0.39 is 10.0 Å². The molecule has 1 aromatic carbocycles. The van der Waals surface area contributed by atoms with E-state index in [-0.39, 0.29) is 5.75 Å². The van der Waals surface area contributed by atoms with E-state index in [0.717, 1.165) is 6.42 Å². The maximum Gasteiger partial charge on any atom is 0.232 e. The zero-order valence-corrected chi connectivity index (χ0v) is 10.6. The topological polar surface area (TPSA) is 72.2 Å². The summed E-state index contributed by atoms with van der Waals surface area (Å²) in [5.41, 5.74) is 6.38. The van der Waals surface area contributed by atoms with Crippen molar-refractivity contribution in [3.05, 3.63) is 23.2 Å². The highest BCUT2D eigenvalue weighted by molar-refractivity contribution is 7.92. The van der Waals surface area contributed by atoms with Crippen LogP contribution in [-0.2, 0) is 10.0 Å². The summed E-state index contributed by atoms with van der Waals surface area (Å²) in [6, 6.07) is 4.67. The van der Waals surface area contributed by atoms with Gasteiger partial charge in [-0.1, -0.05) is 24.9 Å². The first-order valence-electron chi connectivity index (χ1n) is 5.00. The van der Waals surface area contributed by atoms with E-state index in [1.54, 1.807) is 12.1 Å². The molecule has 6 heteroatoms. The van der Waals surface area contributed by atoms with Crippen LogP contribution >= 0.6 is 11.6 Å². The highest BCUT2D eigenvalue weighted by Gasteiger charge is 2.11. The van der Waals surface area contributed by atoms with Crippen molar-refractivity contribution in [1.29, 1.82) is 0 Å². The number of sulfonamides is 1. The van der Waals surface area contributed by atoms with E-state index in [2.05, 4.69) is 4.72 Å². The van der Waals surface area contributed by atoms with Gasteiger partial charge in [-0.25, -0.2) is 8.42 Å². The summed E-state index contributed by atoms with van der Waals surface area (Å²) in [7, 11) is -3.31. The fourth-order valence-electron chi connectivity index (χ4n) is 1.17. The van der Waals surface area contributed by atoms with Crippen molar-refractivity contribution in [3.63, 3.8) is 0 Å². The predicted molar refractivity (Wildman–Crippen MR) is 68.2 cm³/mol. The number of anilines is 2. The molecule has 0 aromatic heterocycles. The van der Waals surface area contributed by atoms with Gasteiger partial charge < -0.3 is 5.73 Å². The minimum absolute atomic E-state index is 0.101. The molecule has 0 aliphatic carbocycles. The van der Waals surface area contributed by atoms with Gasteiger partial charge in [0.05, 0.1) is 16.5 Å². The molecule has 0 bridgehead atoms. The van der Waals surface area contributed by atoms with E-state index in [0.29, 0.717) is 22.8 Å². The van der Waals surface area contributed by atoms with E-state index in [1.807, 2.05) is 6.92 Å². The first-order chi connectivity index (χ1) is 7.44. The Labute approximate surface area is 101 Å². The molecule has 0 fully saturated rings. The summed E-state index contributed by atoms with van der Waals surface area (Å²) in [5.74, 6) is 0.101. The number of benzene rings is 1. The molecule has 0 amide bonds. The lowest BCUT2D eigenvalue weighted by Gasteiger charge is -2.09. The van der Waals surface area contributed by atoms with Crippen molar-refractivity contribution in [1.82, 2.24) is 0 Å². The van der Waals surface area contributed by atoms with Crippen LogP contribution in [-0.4, -0.2) is 14.2 Å². The second-order valence-corrected chi connectivity index (χ2v) is 5.76. The monoisotopic (exact) mass is 262 g/mol. The lowest BCUT2D eigenvalue weighted by molar-refractivity contribution is 0.598. The van der Waals surface area contributed by atoms with Crippen LogP contribution in [0.4, 0.5) is 11.4 Å². The van der Waals surface area contributed by atoms with Crippen molar-refractivity contribution in [2.45, 2.75) is 19.8 Å². The third-order valence-electron chi connectivity index (χ3n) is 2.03. The molecule has 0 heterocycles. The van der Waals surface area contributed by atoms with Crippen LogP contribution in [0, 0.1) is 0 Å². The molecule has 0 radical (unpaired) electrons. The summed E-state index contributed by atoms with van der Waals surface area (Å²) in [4.78, 5) is 0. The number of hydrogen-bond acceptors (Lipinski definition) is 3. The number of nitrogens with one attached hydrogen (secondary N) is 1. The average Bonchev–Trinajstić information content (AvgIpc) is 2.19. The molecule has 1 rings (SSSR count). The molecule has 0 aliphatic heterocycles. The fraction of sp³-hybridized carbons (Fsp3) is 0.400. The number of halogens is 1. The van der Waals surface area contributed by atoms with Gasteiger partial charge >= 0.3 is 0 Å². The van der Waals surface area contributed by atoms with Crippen molar-refractivity contribution in [2.75, 3.05) is 16.2 Å². The molecule has 0 saturated heterocycles. The Morgan fingerprint density at radius 2 is 2.12 bits per heavy atom. The molecule has 0 unspecified atom stereocenters. The Morgan fingerprint density at radius 1 is 1.44 bits per heavy atom. The molecule has 0 atom stereocenters. The molecule has 0 spiro atoms. The molecule has 3 N–H and O–H groups in total. The first kappa shape index (κ1) is 13.1. The summed E-state index contributed by atoms with van der Waals surface area (Å²) >= 11 is 5.86. The zero-order valence-electron chi connectivity index (χ0n) is 9.03. The number of hydrogen-bond donors (Lipinski definition) is 2. The predicted octanol–water partition coefficient (Wildman–Crippen LogP) is 2.46. The lowest BCUT2D eigenvalue weighted by Crippen LogP contribution is -2.16. The summed E-state index contributed by atoms with van der Waals surface area (Å²) in [6.45, 7) is 1.94. The van der Waals surface area contributed by atoms with Gasteiger partial charge in [-0.15, -0.1) is 0 Å². The molecule has 0 aliphatic rings. The Hall–Kier alpha value is -0.940. The van der Waals surface area contributed by atoms with Crippen LogP contribution in [0.1, 0.15) is 19.8 Å². The second-order valence-electron chi connectivity index (χ2n) is 3.51. The number of nitrogen functional groups attached to an aromatic ring is 1. The Bertz CT molecular complexity index is 460. The molecule has 0 saturated carbocycles. The van der Waals surface area contributed by atoms with Crippen molar-refractivity contribution >= 4 is 33.0 Å². The largest absolute Gasteiger partial charge is 0.399 e. The first-order valence-corrected chi connectivity index (χ1v) is 7.03. The Balaban J connectivity index is 2.80. The van der Waals surface area contributed by atoms with Gasteiger partial charge in [-0.05, 0) is 24.6 Å². The lowest BCUT2D eigenvalue weighted by atomic mass is 10.3. The molecule has 1 aromatic rings. The van der Waals surface area contributed by atoms with Crippen LogP contribution in [0.5, 0.6) is 0 Å². The third-order valence-corrected chi connectivity index (χ3v) is 3.69. The highest BCUT2D eigenvalue weighted by Crippen LogP contribution is 2.25. The minimum Gasteiger partial charge on any atom is -0.399 e. The maximum atomic E-state index is 11.6. The summed E-state index contributed by atoms with van der Waals surface area (Å²) < 4.78 is 25.6. The van der Waals surface area contributed by atoms with Gasteiger partial charge in [-0.3, -0.25) is 4.72 Å². The number of nitrogens with two attached hydrogens (primary N) is 1.